The Kier molecular flexibility index (Phi) is 5.93. The molecule has 2 N–H and O–H groups in total. The quantitative estimate of drug-likeness (QED) is 0.585. The average Bonchev–Trinajstić information content (AvgIpc) is 2.57. The number of amides is 1. The highest BCUT2D eigenvalue weighted by molar-refractivity contribution is 9.10. The van der Waals surface area contributed by atoms with Crippen molar-refractivity contribution in [1.29, 1.82) is 0 Å². The van der Waals surface area contributed by atoms with Crippen molar-refractivity contribution in [3.63, 3.8) is 0 Å². The van der Waals surface area contributed by atoms with Crippen LogP contribution >= 0.6 is 15.9 Å². The number of hydrogen-bond acceptors (Lipinski definition) is 5. The van der Waals surface area contributed by atoms with E-state index in [1.165, 1.54) is 26.0 Å². The van der Waals surface area contributed by atoms with E-state index in [1.54, 1.807) is 30.3 Å². The van der Waals surface area contributed by atoms with E-state index in [2.05, 4.69) is 21.2 Å². The molecule has 25 heavy (non-hydrogen) atoms. The summed E-state index contributed by atoms with van der Waals surface area (Å²) < 4.78 is 5.68. The fraction of sp³-hybridized carbons (Fsp3) is 0.167. The second-order valence-corrected chi connectivity index (χ2v) is 6.22. The zero-order valence-corrected chi connectivity index (χ0v) is 15.2. The van der Waals surface area contributed by atoms with Gasteiger partial charge in [0.2, 0.25) is 0 Å². The molecular weight excluding hydrogens is 390 g/mol. The minimum absolute atomic E-state index is 0.0573. The first-order chi connectivity index (χ1) is 11.8. The van der Waals surface area contributed by atoms with Crippen LogP contribution in [0, 0.1) is 0 Å². The lowest BCUT2D eigenvalue weighted by atomic mass is 10.1. The van der Waals surface area contributed by atoms with Gasteiger partial charge in [0, 0.05) is 10.0 Å². The number of phenols is 1. The van der Waals surface area contributed by atoms with Crippen LogP contribution in [-0.4, -0.2) is 28.9 Å². The minimum atomic E-state index is -1.12. The molecule has 1 atom stereocenters. The molecule has 0 bridgehead atoms. The van der Waals surface area contributed by atoms with Crippen LogP contribution < -0.4 is 5.32 Å². The predicted molar refractivity (Wildman–Crippen MR) is 95.8 cm³/mol. The number of carbonyl (C=O) groups excluding carboxylic acids is 3. The summed E-state index contributed by atoms with van der Waals surface area (Å²) in [5.41, 5.74) is 0.644. The lowest BCUT2D eigenvalue weighted by molar-refractivity contribution is -0.123. The molecule has 0 heterocycles. The fourth-order valence-corrected chi connectivity index (χ4v) is 2.44. The molecule has 0 saturated carbocycles. The Balaban J connectivity index is 2.09. The van der Waals surface area contributed by atoms with Crippen molar-refractivity contribution >= 4 is 39.3 Å². The van der Waals surface area contributed by atoms with Gasteiger partial charge in [-0.2, -0.15) is 0 Å². The van der Waals surface area contributed by atoms with Gasteiger partial charge < -0.3 is 15.2 Å². The smallest absolute Gasteiger partial charge is 0.342 e. The van der Waals surface area contributed by atoms with E-state index in [-0.39, 0.29) is 17.1 Å². The van der Waals surface area contributed by atoms with Gasteiger partial charge in [-0.05, 0) is 44.2 Å². The average molecular weight is 406 g/mol. The van der Waals surface area contributed by atoms with Crippen molar-refractivity contribution in [3.8, 4) is 5.75 Å². The number of nitrogens with one attached hydrogen (secondary N) is 1. The number of ketones is 1. The summed E-state index contributed by atoms with van der Waals surface area (Å²) in [7, 11) is 0. The molecule has 1 amide bonds. The van der Waals surface area contributed by atoms with E-state index in [4.69, 9.17) is 4.74 Å². The Hall–Kier alpha value is -2.67. The first-order valence-corrected chi connectivity index (χ1v) is 8.19. The number of benzene rings is 2. The SMILES string of the molecule is CC(=O)c1ccccc1NC(=O)C(C)OC(=O)c1cc(Br)ccc1O. The molecule has 0 aliphatic heterocycles. The van der Waals surface area contributed by atoms with Gasteiger partial charge in [-0.3, -0.25) is 9.59 Å². The number of ether oxygens (including phenoxy) is 1. The molecule has 2 aromatic carbocycles. The first-order valence-electron chi connectivity index (χ1n) is 7.40. The van der Waals surface area contributed by atoms with E-state index in [9.17, 15) is 19.5 Å². The van der Waals surface area contributed by atoms with Crippen LogP contribution in [-0.2, 0) is 9.53 Å². The Morgan fingerprint density at radius 1 is 1.12 bits per heavy atom. The number of phenolic OH excluding ortho intramolecular Hbond substituents is 1. The Bertz CT molecular complexity index is 834. The second-order valence-electron chi connectivity index (χ2n) is 5.30. The topological polar surface area (TPSA) is 92.7 Å². The van der Waals surface area contributed by atoms with E-state index < -0.39 is 18.0 Å². The molecule has 0 spiro atoms. The van der Waals surface area contributed by atoms with Gasteiger partial charge in [0.1, 0.15) is 11.3 Å². The second kappa shape index (κ2) is 7.94. The van der Waals surface area contributed by atoms with E-state index >= 15 is 0 Å². The molecule has 0 aliphatic rings. The van der Waals surface area contributed by atoms with E-state index in [0.717, 1.165) is 0 Å². The summed E-state index contributed by atoms with van der Waals surface area (Å²) in [5, 5.41) is 12.3. The molecule has 6 nitrogen and oxygen atoms in total. The first kappa shape index (κ1) is 18.7. The Labute approximate surface area is 152 Å². The molecule has 0 aromatic heterocycles. The van der Waals surface area contributed by atoms with Gasteiger partial charge in [-0.1, -0.05) is 28.1 Å². The van der Waals surface area contributed by atoms with Crippen molar-refractivity contribution < 1.29 is 24.2 Å². The molecule has 0 aliphatic carbocycles. The van der Waals surface area contributed by atoms with Gasteiger partial charge in [-0.25, -0.2) is 4.79 Å². The minimum Gasteiger partial charge on any atom is -0.507 e. The summed E-state index contributed by atoms with van der Waals surface area (Å²) in [4.78, 5) is 35.9. The van der Waals surface area contributed by atoms with E-state index in [0.29, 0.717) is 15.7 Å². The third kappa shape index (κ3) is 4.67. The third-order valence-electron chi connectivity index (χ3n) is 3.40. The van der Waals surface area contributed by atoms with Crippen molar-refractivity contribution in [2.24, 2.45) is 0 Å². The van der Waals surface area contributed by atoms with Gasteiger partial charge >= 0.3 is 5.97 Å². The zero-order valence-electron chi connectivity index (χ0n) is 13.6. The van der Waals surface area contributed by atoms with Crippen molar-refractivity contribution in [3.05, 3.63) is 58.1 Å². The maximum absolute atomic E-state index is 12.2. The Morgan fingerprint density at radius 3 is 2.48 bits per heavy atom. The summed E-state index contributed by atoms with van der Waals surface area (Å²) >= 11 is 3.20. The van der Waals surface area contributed by atoms with Crippen LogP contribution in [0.1, 0.15) is 34.6 Å². The number of Topliss-reactive ketones (excluding diaryl/α,β-unsaturated/α-hetero) is 1. The molecule has 0 fully saturated rings. The van der Waals surface area contributed by atoms with Gasteiger partial charge in [0.15, 0.2) is 11.9 Å². The van der Waals surface area contributed by atoms with Crippen LogP contribution in [0.4, 0.5) is 5.69 Å². The number of hydrogen-bond donors (Lipinski definition) is 2. The summed E-state index contributed by atoms with van der Waals surface area (Å²) in [6.45, 7) is 2.79. The number of carbonyl (C=O) groups is 3. The highest BCUT2D eigenvalue weighted by atomic mass is 79.9. The normalized spacial score (nSPS) is 11.5. The number of halogens is 1. The number of esters is 1. The zero-order chi connectivity index (χ0) is 18.6. The molecule has 2 rings (SSSR count). The lowest BCUT2D eigenvalue weighted by Crippen LogP contribution is -2.30. The van der Waals surface area contributed by atoms with Crippen molar-refractivity contribution in [2.75, 3.05) is 5.32 Å². The monoisotopic (exact) mass is 405 g/mol. The number of anilines is 1. The van der Waals surface area contributed by atoms with Crippen LogP contribution in [0.5, 0.6) is 5.75 Å². The van der Waals surface area contributed by atoms with Crippen LogP contribution in [0.25, 0.3) is 0 Å². The molecular formula is C18H16BrNO5. The van der Waals surface area contributed by atoms with Crippen molar-refractivity contribution in [1.82, 2.24) is 0 Å². The summed E-state index contributed by atoms with van der Waals surface area (Å²) in [6.07, 6.45) is -1.12. The highest BCUT2D eigenvalue weighted by Gasteiger charge is 2.22. The maximum atomic E-state index is 12.2. The number of rotatable bonds is 5. The molecule has 0 saturated heterocycles. The fourth-order valence-electron chi connectivity index (χ4n) is 2.08. The highest BCUT2D eigenvalue weighted by Crippen LogP contribution is 2.23. The van der Waals surface area contributed by atoms with Crippen LogP contribution in [0.15, 0.2) is 46.9 Å². The molecule has 1 unspecified atom stereocenters. The van der Waals surface area contributed by atoms with Crippen LogP contribution in [0.3, 0.4) is 0 Å². The van der Waals surface area contributed by atoms with E-state index in [1.807, 2.05) is 0 Å². The van der Waals surface area contributed by atoms with Crippen molar-refractivity contribution in [2.45, 2.75) is 20.0 Å². The largest absolute Gasteiger partial charge is 0.507 e. The number of aromatic hydroxyl groups is 1. The molecule has 2 aromatic rings. The lowest BCUT2D eigenvalue weighted by Gasteiger charge is -2.15. The standard InChI is InChI=1S/C18H16BrNO5/c1-10(21)13-5-3-4-6-15(13)20-17(23)11(2)25-18(24)14-9-12(19)7-8-16(14)22/h3-9,11,22H,1-2H3,(H,20,23). The summed E-state index contributed by atoms with van der Waals surface area (Å²) in [6, 6.07) is 10.9. The third-order valence-corrected chi connectivity index (χ3v) is 3.89. The predicted octanol–water partition coefficient (Wildman–Crippen LogP) is 3.54. The van der Waals surface area contributed by atoms with Gasteiger partial charge in [0.05, 0.1) is 5.69 Å². The maximum Gasteiger partial charge on any atom is 0.342 e. The number of para-hydroxylation sites is 1. The van der Waals surface area contributed by atoms with Gasteiger partial charge in [-0.15, -0.1) is 0 Å². The molecule has 130 valence electrons. The molecule has 7 heteroatoms. The van der Waals surface area contributed by atoms with Gasteiger partial charge in [0.25, 0.3) is 5.91 Å². The Morgan fingerprint density at radius 2 is 1.80 bits per heavy atom. The van der Waals surface area contributed by atoms with Crippen LogP contribution in [0.2, 0.25) is 0 Å². The molecule has 0 radical (unpaired) electrons. The summed E-state index contributed by atoms with van der Waals surface area (Å²) in [5.74, 6) is -1.86.